The molecule has 0 aromatic carbocycles. The molecule has 0 saturated carbocycles. The number of phosphoric acid groups is 2. The summed E-state index contributed by atoms with van der Waals surface area (Å²) < 4.78 is 68.9. The van der Waals surface area contributed by atoms with E-state index in [4.69, 9.17) is 37.0 Å². The van der Waals surface area contributed by atoms with Gasteiger partial charge in [0.15, 0.2) is 12.2 Å². The molecule has 0 aromatic heterocycles. The van der Waals surface area contributed by atoms with Gasteiger partial charge >= 0.3 is 39.5 Å². The van der Waals surface area contributed by atoms with Gasteiger partial charge in [0.2, 0.25) is 0 Å². The average Bonchev–Trinajstić information content (AvgIpc) is 0.908. The fraction of sp³-hybridized carbons (Fsp3) is 0.953. The lowest BCUT2D eigenvalue weighted by Crippen LogP contribution is -2.30. The highest BCUT2D eigenvalue weighted by Crippen LogP contribution is 2.45. The second-order valence-corrected chi connectivity index (χ2v) is 34.2. The molecule has 0 bridgehead atoms. The SMILES string of the molecule is CCCCCCCCCCCCCCCCCCC(=O)O[C@H](COC(=O)CCCCCCCCCCCCCC)COP(=O)(O)OC[C@H](O)COP(=O)(O)OC[C@@H](COC(=O)CCCCCCCCCCCCCCCCC(C)CC)OC(=O)CCCCCCCCCCCCCCCCCC(C)C. The van der Waals surface area contributed by atoms with E-state index >= 15 is 0 Å². The number of phosphoric ester groups is 2. The third kappa shape index (κ3) is 76.8. The predicted octanol–water partition coefficient (Wildman–Crippen LogP) is 25.8. The van der Waals surface area contributed by atoms with Gasteiger partial charge in [-0.05, 0) is 37.5 Å². The number of aliphatic hydroxyl groups excluding tert-OH is 1. The van der Waals surface area contributed by atoms with Crippen molar-refractivity contribution in [3.63, 3.8) is 0 Å². The molecule has 0 saturated heterocycles. The van der Waals surface area contributed by atoms with Crippen molar-refractivity contribution in [3.8, 4) is 0 Å². The zero-order valence-corrected chi connectivity index (χ0v) is 70.1. The first kappa shape index (κ1) is 102. The highest BCUT2D eigenvalue weighted by atomic mass is 31.2. The first-order valence-corrected chi connectivity index (χ1v) is 47.0. The number of carbonyl (C=O) groups is 4. The molecule has 0 heterocycles. The largest absolute Gasteiger partial charge is 0.472 e. The third-order valence-electron chi connectivity index (χ3n) is 20.3. The summed E-state index contributed by atoms with van der Waals surface area (Å²) in [6.45, 7) is 9.76. The van der Waals surface area contributed by atoms with Gasteiger partial charge < -0.3 is 33.8 Å². The van der Waals surface area contributed by atoms with E-state index < -0.39 is 97.5 Å². The number of aliphatic hydroxyl groups is 1. The molecule has 0 aliphatic rings. The van der Waals surface area contributed by atoms with Gasteiger partial charge in [-0.15, -0.1) is 0 Å². The van der Waals surface area contributed by atoms with E-state index in [0.29, 0.717) is 25.7 Å². The van der Waals surface area contributed by atoms with Gasteiger partial charge in [0, 0.05) is 25.7 Å². The van der Waals surface area contributed by atoms with Crippen LogP contribution in [0, 0.1) is 11.8 Å². The number of hydrogen-bond acceptors (Lipinski definition) is 15. The maximum absolute atomic E-state index is 13.1. The lowest BCUT2D eigenvalue weighted by molar-refractivity contribution is -0.161. The molecule has 0 fully saturated rings. The predicted molar refractivity (Wildman–Crippen MR) is 428 cm³/mol. The van der Waals surface area contributed by atoms with E-state index in [0.717, 1.165) is 102 Å². The zero-order chi connectivity index (χ0) is 76.4. The minimum Gasteiger partial charge on any atom is -0.462 e. The summed E-state index contributed by atoms with van der Waals surface area (Å²) in [7, 11) is -9.93. The maximum atomic E-state index is 13.1. The van der Waals surface area contributed by atoms with E-state index in [1.54, 1.807) is 0 Å². The van der Waals surface area contributed by atoms with Gasteiger partial charge in [-0.1, -0.05) is 401 Å². The van der Waals surface area contributed by atoms with Gasteiger partial charge in [-0.3, -0.25) is 37.3 Å². The molecule has 3 unspecified atom stereocenters. The first-order chi connectivity index (χ1) is 50.4. The van der Waals surface area contributed by atoms with Gasteiger partial charge in [-0.2, -0.15) is 0 Å². The summed E-state index contributed by atoms with van der Waals surface area (Å²) in [5.74, 6) is -0.448. The van der Waals surface area contributed by atoms with E-state index in [2.05, 4.69) is 41.5 Å². The Hall–Kier alpha value is -1.94. The topological polar surface area (TPSA) is 237 Å². The molecular weight excluding hydrogens is 1350 g/mol. The second kappa shape index (κ2) is 76.4. The molecular formula is C85H166O17P2. The summed E-state index contributed by atoms with van der Waals surface area (Å²) in [6, 6.07) is 0. The Morgan fingerprint density at radius 2 is 0.490 bits per heavy atom. The summed E-state index contributed by atoms with van der Waals surface area (Å²) in [6.07, 6.45) is 67.8. The molecule has 104 heavy (non-hydrogen) atoms. The van der Waals surface area contributed by atoms with Gasteiger partial charge in [0.25, 0.3) is 0 Å². The number of rotatable bonds is 84. The highest BCUT2D eigenvalue weighted by Gasteiger charge is 2.30. The lowest BCUT2D eigenvalue weighted by atomic mass is 9.99. The van der Waals surface area contributed by atoms with Crippen molar-refractivity contribution in [2.45, 2.75) is 471 Å². The number of carbonyl (C=O) groups excluding carboxylic acids is 4. The number of unbranched alkanes of at least 4 members (excludes halogenated alkanes) is 53. The standard InChI is InChI=1S/C85H166O17P2/c1-7-10-12-14-16-18-20-22-23-26-33-39-45-51-57-63-69-84(89)101-80(73-95-82(87)67-61-55-49-43-37-21-19-17-15-13-11-8-2)75-99-103(91,92)97-71-79(86)72-98-104(93,94)100-76-81(102-85(90)70-64-58-52-46-40-34-27-24-25-30-35-41-47-53-59-65-77(4)5)74-96-83(88)68-62-56-50-44-38-32-29-28-31-36-42-48-54-60-66-78(6)9-3/h77-81,86H,7-76H2,1-6H3,(H,91,92)(H,93,94)/t78?,79-,80+,81+/m0/s1. The van der Waals surface area contributed by atoms with Crippen LogP contribution in [0.25, 0.3) is 0 Å². The van der Waals surface area contributed by atoms with Crippen molar-refractivity contribution in [1.82, 2.24) is 0 Å². The van der Waals surface area contributed by atoms with Crippen molar-refractivity contribution in [2.75, 3.05) is 39.6 Å². The molecule has 0 amide bonds. The zero-order valence-electron chi connectivity index (χ0n) is 68.3. The number of hydrogen-bond donors (Lipinski definition) is 3. The Bertz CT molecular complexity index is 2000. The van der Waals surface area contributed by atoms with Gasteiger partial charge in [-0.25, -0.2) is 9.13 Å². The Balaban J connectivity index is 5.26. The van der Waals surface area contributed by atoms with E-state index in [1.807, 2.05) is 0 Å². The maximum Gasteiger partial charge on any atom is 0.472 e. The van der Waals surface area contributed by atoms with Crippen molar-refractivity contribution >= 4 is 39.5 Å². The van der Waals surface area contributed by atoms with Crippen molar-refractivity contribution in [2.24, 2.45) is 11.8 Å². The van der Waals surface area contributed by atoms with Gasteiger partial charge in [0.05, 0.1) is 26.4 Å². The second-order valence-electron chi connectivity index (χ2n) is 31.3. The minimum absolute atomic E-state index is 0.108. The summed E-state index contributed by atoms with van der Waals surface area (Å²) >= 11 is 0. The van der Waals surface area contributed by atoms with Crippen LogP contribution in [0.1, 0.15) is 452 Å². The van der Waals surface area contributed by atoms with Crippen LogP contribution in [-0.4, -0.2) is 96.7 Å². The lowest BCUT2D eigenvalue weighted by Gasteiger charge is -2.21. The van der Waals surface area contributed by atoms with E-state index in [-0.39, 0.29) is 25.7 Å². The minimum atomic E-state index is -4.97. The van der Waals surface area contributed by atoms with E-state index in [9.17, 15) is 43.2 Å². The molecule has 0 aliphatic heterocycles. The van der Waals surface area contributed by atoms with E-state index in [1.165, 1.54) is 270 Å². The van der Waals surface area contributed by atoms with Crippen LogP contribution >= 0.6 is 15.6 Å². The average molecular weight is 1520 g/mol. The van der Waals surface area contributed by atoms with Gasteiger partial charge in [0.1, 0.15) is 19.3 Å². The number of esters is 4. The van der Waals surface area contributed by atoms with Crippen LogP contribution in [0.5, 0.6) is 0 Å². The van der Waals surface area contributed by atoms with Crippen LogP contribution in [0.4, 0.5) is 0 Å². The Labute approximate surface area is 638 Å². The Morgan fingerprint density at radius 1 is 0.279 bits per heavy atom. The third-order valence-corrected chi connectivity index (χ3v) is 22.2. The van der Waals surface area contributed by atoms with Crippen LogP contribution in [0.3, 0.4) is 0 Å². The molecule has 0 radical (unpaired) electrons. The molecule has 0 aromatic rings. The molecule has 3 N–H and O–H groups in total. The van der Waals surface area contributed by atoms with Crippen molar-refractivity contribution < 1.29 is 80.2 Å². The molecule has 0 spiro atoms. The monoisotopic (exact) mass is 1520 g/mol. The molecule has 19 heteroatoms. The van der Waals surface area contributed by atoms with Crippen LogP contribution < -0.4 is 0 Å². The van der Waals surface area contributed by atoms with Crippen LogP contribution in [0.2, 0.25) is 0 Å². The fourth-order valence-corrected chi connectivity index (χ4v) is 14.8. The molecule has 17 nitrogen and oxygen atoms in total. The van der Waals surface area contributed by atoms with Crippen LogP contribution in [0.15, 0.2) is 0 Å². The Kier molecular flexibility index (Phi) is 75.0. The molecule has 0 aliphatic carbocycles. The van der Waals surface area contributed by atoms with Crippen LogP contribution in [-0.2, 0) is 65.4 Å². The summed E-state index contributed by atoms with van der Waals surface area (Å²) in [5, 5.41) is 10.7. The number of ether oxygens (including phenoxy) is 4. The molecule has 0 rings (SSSR count). The smallest absolute Gasteiger partial charge is 0.462 e. The summed E-state index contributed by atoms with van der Waals surface area (Å²) in [4.78, 5) is 73.2. The quantitative estimate of drug-likeness (QED) is 0.0222. The highest BCUT2D eigenvalue weighted by molar-refractivity contribution is 7.47. The molecule has 6 atom stereocenters. The van der Waals surface area contributed by atoms with Crippen molar-refractivity contribution in [1.29, 1.82) is 0 Å². The fourth-order valence-electron chi connectivity index (χ4n) is 13.2. The Morgan fingerprint density at radius 3 is 0.731 bits per heavy atom. The van der Waals surface area contributed by atoms with Crippen molar-refractivity contribution in [3.05, 3.63) is 0 Å². The molecule has 618 valence electrons. The normalized spacial score (nSPS) is 14.1. The summed E-state index contributed by atoms with van der Waals surface area (Å²) in [5.41, 5.74) is 0. The first-order valence-electron chi connectivity index (χ1n) is 44.0.